The number of carbonyl (C=O) groups is 1. The van der Waals surface area contributed by atoms with Crippen molar-refractivity contribution in [3.8, 4) is 0 Å². The summed E-state index contributed by atoms with van der Waals surface area (Å²) in [6.07, 6.45) is 8.90. The van der Waals surface area contributed by atoms with E-state index in [1.807, 2.05) is 23.1 Å². The van der Waals surface area contributed by atoms with Crippen molar-refractivity contribution in [2.24, 2.45) is 5.41 Å². The summed E-state index contributed by atoms with van der Waals surface area (Å²) in [7, 11) is 0. The van der Waals surface area contributed by atoms with Gasteiger partial charge in [-0.15, -0.1) is 0 Å². The van der Waals surface area contributed by atoms with Gasteiger partial charge in [0.1, 0.15) is 17.2 Å². The molecule has 3 aromatic rings. The maximum Gasteiger partial charge on any atom is 0.270 e. The number of rotatable bonds is 2. The van der Waals surface area contributed by atoms with Crippen molar-refractivity contribution in [2.45, 2.75) is 25.4 Å². The molecule has 1 spiro atoms. The Bertz CT molecular complexity index is 979. The highest BCUT2D eigenvalue weighted by Crippen LogP contribution is 2.41. The minimum atomic E-state index is -0.396. The average molecular weight is 392 g/mol. The van der Waals surface area contributed by atoms with Crippen LogP contribution in [0.1, 0.15) is 29.8 Å². The number of aliphatic hydroxyl groups excluding tert-OH is 1. The van der Waals surface area contributed by atoms with Gasteiger partial charge in [-0.1, -0.05) is 0 Å². The molecule has 1 unspecified atom stereocenters. The van der Waals surface area contributed by atoms with E-state index in [2.05, 4.69) is 24.8 Å². The van der Waals surface area contributed by atoms with Gasteiger partial charge in [-0.3, -0.25) is 9.78 Å². The van der Waals surface area contributed by atoms with E-state index in [1.165, 1.54) is 0 Å². The lowest BCUT2D eigenvalue weighted by Gasteiger charge is -2.49. The van der Waals surface area contributed by atoms with E-state index >= 15 is 0 Å². The number of likely N-dealkylation sites (tertiary alicyclic amines) is 1. The fourth-order valence-electron chi connectivity index (χ4n) is 4.77. The lowest BCUT2D eigenvalue weighted by Crippen LogP contribution is -2.54. The summed E-state index contributed by atoms with van der Waals surface area (Å²) in [5, 5.41) is 11.5. The van der Waals surface area contributed by atoms with Gasteiger partial charge in [0.15, 0.2) is 0 Å². The molecule has 5 heterocycles. The number of fused-ring (bicyclic) bond motifs is 1. The molecule has 0 radical (unpaired) electrons. The van der Waals surface area contributed by atoms with Crippen molar-refractivity contribution in [1.29, 1.82) is 0 Å². The Labute approximate surface area is 168 Å². The maximum absolute atomic E-state index is 13.0. The first-order valence-corrected chi connectivity index (χ1v) is 10.0. The highest BCUT2D eigenvalue weighted by Gasteiger charge is 2.42. The SMILES string of the molecule is O=C(c1cc2cccnc2[nH]1)N1CCC2(CC1)CC(O)CN(c1cnccn1)C2. The number of aliphatic hydroxyl groups is 1. The standard InChI is InChI=1S/C21H24N6O2/c28-16-11-21(14-27(13-16)18-12-22-6-7-23-18)3-8-26(9-4-21)20(29)17-10-15-2-1-5-24-19(15)25-17/h1-2,5-7,10,12,16,28H,3-4,8-9,11,13-14H2,(H,24,25). The number of H-pyrrole nitrogens is 1. The molecule has 8 heteroatoms. The van der Waals surface area contributed by atoms with Crippen LogP contribution in [-0.4, -0.2) is 68.1 Å². The first-order chi connectivity index (χ1) is 14.1. The number of nitrogens with zero attached hydrogens (tertiary/aromatic N) is 5. The third-order valence-electron chi connectivity index (χ3n) is 6.23. The van der Waals surface area contributed by atoms with Gasteiger partial charge >= 0.3 is 0 Å². The van der Waals surface area contributed by atoms with Crippen LogP contribution in [-0.2, 0) is 0 Å². The van der Waals surface area contributed by atoms with E-state index in [1.54, 1.807) is 24.8 Å². The summed E-state index contributed by atoms with van der Waals surface area (Å²) in [5.74, 6) is 0.815. The molecule has 3 aromatic heterocycles. The van der Waals surface area contributed by atoms with Crippen LogP contribution in [0, 0.1) is 5.41 Å². The van der Waals surface area contributed by atoms with Crippen LogP contribution in [0.5, 0.6) is 0 Å². The number of pyridine rings is 1. The molecule has 5 rings (SSSR count). The van der Waals surface area contributed by atoms with Crippen molar-refractivity contribution in [2.75, 3.05) is 31.1 Å². The molecule has 2 aliphatic heterocycles. The zero-order valence-corrected chi connectivity index (χ0v) is 16.2. The fourth-order valence-corrected chi connectivity index (χ4v) is 4.77. The Morgan fingerprint density at radius 1 is 1.21 bits per heavy atom. The van der Waals surface area contributed by atoms with E-state index in [4.69, 9.17) is 0 Å². The molecule has 2 aliphatic rings. The van der Waals surface area contributed by atoms with E-state index in [0.29, 0.717) is 25.3 Å². The summed E-state index contributed by atoms with van der Waals surface area (Å²) in [6.45, 7) is 2.78. The number of hydrogen-bond acceptors (Lipinski definition) is 6. The summed E-state index contributed by atoms with van der Waals surface area (Å²) in [6, 6.07) is 5.69. The number of aromatic nitrogens is 4. The summed E-state index contributed by atoms with van der Waals surface area (Å²) in [4.78, 5) is 33.0. The number of β-amino-alcohol motifs (C(OH)–C–C–N with tert-alkyl or cyclic N) is 1. The van der Waals surface area contributed by atoms with Crippen molar-refractivity contribution in [3.63, 3.8) is 0 Å². The maximum atomic E-state index is 13.0. The quantitative estimate of drug-likeness (QED) is 0.691. The predicted molar refractivity (Wildman–Crippen MR) is 109 cm³/mol. The molecule has 0 saturated carbocycles. The number of hydrogen-bond donors (Lipinski definition) is 2. The highest BCUT2D eigenvalue weighted by molar-refractivity contribution is 5.97. The Kier molecular flexibility index (Phi) is 4.43. The van der Waals surface area contributed by atoms with Crippen LogP contribution in [0.4, 0.5) is 5.82 Å². The molecule has 8 nitrogen and oxygen atoms in total. The first kappa shape index (κ1) is 18.1. The molecule has 0 bridgehead atoms. The predicted octanol–water partition coefficient (Wildman–Crippen LogP) is 1.85. The minimum absolute atomic E-state index is 0.00598. The van der Waals surface area contributed by atoms with Gasteiger partial charge < -0.3 is 19.9 Å². The smallest absolute Gasteiger partial charge is 0.270 e. The second-order valence-electron chi connectivity index (χ2n) is 8.22. The zero-order valence-electron chi connectivity index (χ0n) is 16.2. The number of piperidine rings is 2. The van der Waals surface area contributed by atoms with Crippen LogP contribution < -0.4 is 4.90 Å². The molecule has 29 heavy (non-hydrogen) atoms. The van der Waals surface area contributed by atoms with Crippen molar-refractivity contribution in [3.05, 3.63) is 48.7 Å². The number of nitrogens with one attached hydrogen (secondary N) is 1. The van der Waals surface area contributed by atoms with Gasteiger partial charge in [-0.25, -0.2) is 9.97 Å². The van der Waals surface area contributed by atoms with Crippen LogP contribution in [0.25, 0.3) is 11.0 Å². The molecule has 1 amide bonds. The van der Waals surface area contributed by atoms with E-state index in [0.717, 1.165) is 42.7 Å². The molecule has 2 saturated heterocycles. The summed E-state index contributed by atoms with van der Waals surface area (Å²) < 4.78 is 0. The van der Waals surface area contributed by atoms with Crippen LogP contribution in [0.3, 0.4) is 0 Å². The number of anilines is 1. The molecule has 1 atom stereocenters. The lowest BCUT2D eigenvalue weighted by atomic mass is 9.71. The number of carbonyl (C=O) groups excluding carboxylic acids is 1. The van der Waals surface area contributed by atoms with Crippen LogP contribution in [0.15, 0.2) is 43.0 Å². The number of amides is 1. The Morgan fingerprint density at radius 3 is 2.83 bits per heavy atom. The van der Waals surface area contributed by atoms with Gasteiger partial charge in [-0.2, -0.15) is 0 Å². The van der Waals surface area contributed by atoms with Gasteiger partial charge in [0, 0.05) is 50.2 Å². The van der Waals surface area contributed by atoms with Gasteiger partial charge in [-0.05, 0) is 42.9 Å². The largest absolute Gasteiger partial charge is 0.391 e. The summed E-state index contributed by atoms with van der Waals surface area (Å²) in [5.41, 5.74) is 1.31. The van der Waals surface area contributed by atoms with E-state index < -0.39 is 6.10 Å². The molecule has 2 N–H and O–H groups in total. The summed E-state index contributed by atoms with van der Waals surface area (Å²) >= 11 is 0. The first-order valence-electron chi connectivity index (χ1n) is 10.0. The molecule has 150 valence electrons. The van der Waals surface area contributed by atoms with Crippen molar-refractivity contribution >= 4 is 22.8 Å². The van der Waals surface area contributed by atoms with E-state index in [-0.39, 0.29) is 11.3 Å². The molecular weight excluding hydrogens is 368 g/mol. The molecule has 0 aliphatic carbocycles. The van der Waals surface area contributed by atoms with Gasteiger partial charge in [0.2, 0.25) is 0 Å². The van der Waals surface area contributed by atoms with Gasteiger partial charge in [0.25, 0.3) is 5.91 Å². The molecular formula is C21H24N6O2. The Morgan fingerprint density at radius 2 is 2.07 bits per heavy atom. The molecule has 2 fully saturated rings. The minimum Gasteiger partial charge on any atom is -0.391 e. The second kappa shape index (κ2) is 7.11. The van der Waals surface area contributed by atoms with E-state index in [9.17, 15) is 9.90 Å². The topological polar surface area (TPSA) is 98.2 Å². The molecule has 0 aromatic carbocycles. The highest BCUT2D eigenvalue weighted by atomic mass is 16.3. The van der Waals surface area contributed by atoms with Crippen LogP contribution in [0.2, 0.25) is 0 Å². The normalized spacial score (nSPS) is 21.6. The lowest BCUT2D eigenvalue weighted by molar-refractivity contribution is 0.0244. The van der Waals surface area contributed by atoms with Gasteiger partial charge in [0.05, 0.1) is 12.3 Å². The third-order valence-corrected chi connectivity index (χ3v) is 6.23. The second-order valence-corrected chi connectivity index (χ2v) is 8.22. The Hall–Kier alpha value is -3.00. The van der Waals surface area contributed by atoms with Crippen molar-refractivity contribution < 1.29 is 9.90 Å². The number of aromatic amines is 1. The van der Waals surface area contributed by atoms with Crippen molar-refractivity contribution in [1.82, 2.24) is 24.8 Å². The monoisotopic (exact) mass is 392 g/mol. The third kappa shape index (κ3) is 3.44. The van der Waals surface area contributed by atoms with Crippen LogP contribution >= 0.6 is 0 Å². The Balaban J connectivity index is 1.29. The average Bonchev–Trinajstić information content (AvgIpc) is 3.18. The zero-order chi connectivity index (χ0) is 19.8. The fraction of sp³-hybridized carbons (Fsp3) is 0.429.